The maximum Gasteiger partial charge on any atom is 0.238 e. The number of likely N-dealkylation sites (tertiary alicyclic amines) is 1. The summed E-state index contributed by atoms with van der Waals surface area (Å²) in [6.45, 7) is 4.13. The Balaban J connectivity index is 1.93. The van der Waals surface area contributed by atoms with E-state index in [1.807, 2.05) is 13.0 Å². The SMILES string of the molecule is Cc1ccc(Cl)c(NC(=O)CN2CCC(CCO)C2)c1Cl. The quantitative estimate of drug-likeness (QED) is 0.872. The predicted molar refractivity (Wildman–Crippen MR) is 86.1 cm³/mol. The van der Waals surface area contributed by atoms with Gasteiger partial charge in [0.2, 0.25) is 5.91 Å². The van der Waals surface area contributed by atoms with E-state index in [9.17, 15) is 4.79 Å². The van der Waals surface area contributed by atoms with Crippen molar-refractivity contribution in [3.05, 3.63) is 27.7 Å². The lowest BCUT2D eigenvalue weighted by molar-refractivity contribution is -0.117. The van der Waals surface area contributed by atoms with E-state index in [2.05, 4.69) is 10.2 Å². The van der Waals surface area contributed by atoms with Crippen LogP contribution in [-0.4, -0.2) is 42.2 Å². The highest BCUT2D eigenvalue weighted by molar-refractivity contribution is 6.40. The third-order valence-corrected chi connectivity index (χ3v) is 4.63. The number of aryl methyl sites for hydroxylation is 1. The van der Waals surface area contributed by atoms with E-state index in [1.165, 1.54) is 0 Å². The summed E-state index contributed by atoms with van der Waals surface area (Å²) in [5.41, 5.74) is 1.36. The number of amides is 1. The van der Waals surface area contributed by atoms with Gasteiger partial charge in [-0.05, 0) is 43.9 Å². The molecule has 0 spiro atoms. The molecule has 1 saturated heterocycles. The maximum atomic E-state index is 12.1. The largest absolute Gasteiger partial charge is 0.396 e. The molecule has 0 bridgehead atoms. The van der Waals surface area contributed by atoms with E-state index in [4.69, 9.17) is 28.3 Å². The number of benzene rings is 1. The number of carbonyl (C=O) groups is 1. The molecule has 1 amide bonds. The van der Waals surface area contributed by atoms with E-state index in [0.29, 0.717) is 28.2 Å². The second-order valence-electron chi connectivity index (χ2n) is 5.50. The van der Waals surface area contributed by atoms with Crippen molar-refractivity contribution in [1.82, 2.24) is 4.90 Å². The molecule has 1 aromatic rings. The Morgan fingerprint density at radius 3 is 2.95 bits per heavy atom. The van der Waals surface area contributed by atoms with Gasteiger partial charge in [0, 0.05) is 13.2 Å². The maximum absolute atomic E-state index is 12.1. The normalized spacial score (nSPS) is 19.0. The standard InChI is InChI=1S/C15H20Cl2N2O2/c1-10-2-3-12(16)15(14(10)17)18-13(21)9-19-6-4-11(8-19)5-7-20/h2-3,11,20H,4-9H2,1H3,(H,18,21). The molecule has 116 valence electrons. The van der Waals surface area contributed by atoms with Crippen molar-refractivity contribution >= 4 is 34.8 Å². The van der Waals surface area contributed by atoms with Crippen LogP contribution in [0.5, 0.6) is 0 Å². The van der Waals surface area contributed by atoms with Gasteiger partial charge in [0.25, 0.3) is 0 Å². The number of aliphatic hydroxyl groups excluding tert-OH is 1. The lowest BCUT2D eigenvalue weighted by Gasteiger charge is -2.17. The number of rotatable bonds is 5. The number of hydrogen-bond donors (Lipinski definition) is 2. The van der Waals surface area contributed by atoms with Crippen LogP contribution in [0, 0.1) is 12.8 Å². The van der Waals surface area contributed by atoms with Crippen LogP contribution in [0.4, 0.5) is 5.69 Å². The summed E-state index contributed by atoms with van der Waals surface area (Å²) in [5.74, 6) is 0.364. The molecule has 2 N–H and O–H groups in total. The second-order valence-corrected chi connectivity index (χ2v) is 6.29. The molecule has 1 atom stereocenters. The Hall–Kier alpha value is -0.810. The number of halogens is 2. The van der Waals surface area contributed by atoms with Crippen LogP contribution >= 0.6 is 23.2 Å². The van der Waals surface area contributed by atoms with Crippen LogP contribution in [0.1, 0.15) is 18.4 Å². The molecule has 1 fully saturated rings. The summed E-state index contributed by atoms with van der Waals surface area (Å²) in [6, 6.07) is 3.55. The Labute approximate surface area is 135 Å². The molecule has 21 heavy (non-hydrogen) atoms. The monoisotopic (exact) mass is 330 g/mol. The van der Waals surface area contributed by atoms with Gasteiger partial charge < -0.3 is 10.4 Å². The molecule has 4 nitrogen and oxygen atoms in total. The minimum Gasteiger partial charge on any atom is -0.396 e. The van der Waals surface area contributed by atoms with Crippen LogP contribution in [-0.2, 0) is 4.79 Å². The van der Waals surface area contributed by atoms with Gasteiger partial charge in [-0.2, -0.15) is 0 Å². The highest BCUT2D eigenvalue weighted by Crippen LogP contribution is 2.32. The van der Waals surface area contributed by atoms with Crippen molar-refractivity contribution in [1.29, 1.82) is 0 Å². The number of aliphatic hydroxyl groups is 1. The van der Waals surface area contributed by atoms with E-state index in [0.717, 1.165) is 31.5 Å². The van der Waals surface area contributed by atoms with E-state index in [1.54, 1.807) is 6.07 Å². The molecule has 6 heteroatoms. The summed E-state index contributed by atoms with van der Waals surface area (Å²) >= 11 is 12.3. The van der Waals surface area contributed by atoms with Gasteiger partial charge in [-0.25, -0.2) is 0 Å². The molecular weight excluding hydrogens is 311 g/mol. The Morgan fingerprint density at radius 2 is 2.24 bits per heavy atom. The number of nitrogens with one attached hydrogen (secondary N) is 1. The third-order valence-electron chi connectivity index (χ3n) is 3.82. The molecule has 1 unspecified atom stereocenters. The summed E-state index contributed by atoms with van der Waals surface area (Å²) in [5, 5.41) is 12.7. The average Bonchev–Trinajstić information content (AvgIpc) is 2.87. The third kappa shape index (κ3) is 4.33. The number of hydrogen-bond acceptors (Lipinski definition) is 3. The van der Waals surface area contributed by atoms with Gasteiger partial charge >= 0.3 is 0 Å². The Kier molecular flexibility index (Phi) is 5.88. The minimum atomic E-state index is -0.117. The molecular formula is C15H20Cl2N2O2. The first-order valence-electron chi connectivity index (χ1n) is 7.09. The fraction of sp³-hybridized carbons (Fsp3) is 0.533. The van der Waals surface area contributed by atoms with Crippen LogP contribution in [0.3, 0.4) is 0 Å². The summed E-state index contributed by atoms with van der Waals surface area (Å²) < 4.78 is 0. The molecule has 0 saturated carbocycles. The summed E-state index contributed by atoms with van der Waals surface area (Å²) in [4.78, 5) is 14.2. The van der Waals surface area contributed by atoms with E-state index >= 15 is 0 Å². The van der Waals surface area contributed by atoms with Crippen molar-refractivity contribution in [2.75, 3.05) is 31.6 Å². The van der Waals surface area contributed by atoms with Crippen LogP contribution in [0.15, 0.2) is 12.1 Å². The molecule has 0 radical (unpaired) electrons. The van der Waals surface area contributed by atoms with Gasteiger partial charge in [-0.15, -0.1) is 0 Å². The first-order chi connectivity index (χ1) is 10.0. The smallest absolute Gasteiger partial charge is 0.238 e. The zero-order chi connectivity index (χ0) is 15.4. The van der Waals surface area contributed by atoms with Crippen LogP contribution in [0.2, 0.25) is 10.0 Å². The summed E-state index contributed by atoms with van der Waals surface area (Å²) in [6.07, 6.45) is 1.83. The fourth-order valence-electron chi connectivity index (χ4n) is 2.63. The zero-order valence-electron chi connectivity index (χ0n) is 12.0. The molecule has 0 aliphatic carbocycles. The highest BCUT2D eigenvalue weighted by atomic mass is 35.5. The number of nitrogens with zero attached hydrogens (tertiary/aromatic N) is 1. The Morgan fingerprint density at radius 1 is 1.48 bits per heavy atom. The highest BCUT2D eigenvalue weighted by Gasteiger charge is 2.24. The van der Waals surface area contributed by atoms with Gasteiger partial charge in [-0.1, -0.05) is 29.3 Å². The first kappa shape index (κ1) is 16.6. The van der Waals surface area contributed by atoms with Gasteiger partial charge in [0.15, 0.2) is 0 Å². The van der Waals surface area contributed by atoms with E-state index in [-0.39, 0.29) is 12.5 Å². The fourth-order valence-corrected chi connectivity index (χ4v) is 3.09. The minimum absolute atomic E-state index is 0.117. The molecule has 1 aliphatic heterocycles. The second kappa shape index (κ2) is 7.45. The summed E-state index contributed by atoms with van der Waals surface area (Å²) in [7, 11) is 0. The molecule has 1 aromatic carbocycles. The lowest BCUT2D eigenvalue weighted by atomic mass is 10.1. The van der Waals surface area contributed by atoms with Crippen molar-refractivity contribution in [3.63, 3.8) is 0 Å². The van der Waals surface area contributed by atoms with Crippen molar-refractivity contribution in [2.45, 2.75) is 19.8 Å². The molecule has 0 aromatic heterocycles. The topological polar surface area (TPSA) is 52.6 Å². The Bertz CT molecular complexity index is 523. The molecule has 1 aliphatic rings. The van der Waals surface area contributed by atoms with Crippen LogP contribution in [0.25, 0.3) is 0 Å². The molecule has 1 heterocycles. The number of carbonyl (C=O) groups excluding carboxylic acids is 1. The molecule has 2 rings (SSSR count). The van der Waals surface area contributed by atoms with Gasteiger partial charge in [0.05, 0.1) is 22.3 Å². The number of anilines is 1. The van der Waals surface area contributed by atoms with E-state index < -0.39 is 0 Å². The van der Waals surface area contributed by atoms with Gasteiger partial charge in [-0.3, -0.25) is 9.69 Å². The van der Waals surface area contributed by atoms with Gasteiger partial charge in [0.1, 0.15) is 0 Å². The van der Waals surface area contributed by atoms with Crippen molar-refractivity contribution in [3.8, 4) is 0 Å². The predicted octanol–water partition coefficient (Wildman–Crippen LogP) is 2.94. The lowest BCUT2D eigenvalue weighted by Crippen LogP contribution is -2.31. The zero-order valence-corrected chi connectivity index (χ0v) is 13.5. The average molecular weight is 331 g/mol. The first-order valence-corrected chi connectivity index (χ1v) is 7.84. The van der Waals surface area contributed by atoms with Crippen molar-refractivity contribution in [2.24, 2.45) is 5.92 Å². The van der Waals surface area contributed by atoms with Crippen molar-refractivity contribution < 1.29 is 9.90 Å². The van der Waals surface area contributed by atoms with Crippen LogP contribution < -0.4 is 5.32 Å².